The van der Waals surface area contributed by atoms with E-state index in [2.05, 4.69) is 0 Å². The van der Waals surface area contributed by atoms with Crippen molar-refractivity contribution >= 4 is 0 Å². The Morgan fingerprint density at radius 3 is 2.44 bits per heavy atom. The summed E-state index contributed by atoms with van der Waals surface area (Å²) in [7, 11) is 0. The summed E-state index contributed by atoms with van der Waals surface area (Å²) in [5.41, 5.74) is 4.83. The van der Waals surface area contributed by atoms with Gasteiger partial charge < -0.3 is 5.73 Å². The van der Waals surface area contributed by atoms with Gasteiger partial charge in [-0.2, -0.15) is 13.2 Å². The van der Waals surface area contributed by atoms with Gasteiger partial charge in [0.05, 0.1) is 5.56 Å². The quantitative estimate of drug-likeness (QED) is 0.781. The van der Waals surface area contributed by atoms with Crippen molar-refractivity contribution in [1.29, 1.82) is 0 Å². The van der Waals surface area contributed by atoms with Gasteiger partial charge in [-0.1, -0.05) is 6.07 Å². The van der Waals surface area contributed by atoms with Crippen LogP contribution in [0.4, 0.5) is 17.6 Å². The van der Waals surface area contributed by atoms with Gasteiger partial charge in [0.2, 0.25) is 0 Å². The maximum Gasteiger partial charge on any atom is 0.419 e. The van der Waals surface area contributed by atoms with Crippen LogP contribution in [0, 0.1) is 11.7 Å². The van der Waals surface area contributed by atoms with Gasteiger partial charge in [-0.05, 0) is 42.5 Å². The van der Waals surface area contributed by atoms with Crippen LogP contribution in [-0.4, -0.2) is 6.54 Å². The molecule has 0 heterocycles. The number of hydrogen-bond donors (Lipinski definition) is 1. The highest BCUT2D eigenvalue weighted by molar-refractivity contribution is 5.32. The zero-order valence-electron chi connectivity index (χ0n) is 8.39. The predicted octanol–water partition coefficient (Wildman–Crippen LogP) is 2.91. The first-order valence-corrected chi connectivity index (χ1v) is 5.00. The standard InChI is InChI=1S/C11H11F4N/c12-10-4-6(8-3-7(8)5-16)1-2-9(10)11(13,14)15/h1-2,4,7-8H,3,5,16H2. The van der Waals surface area contributed by atoms with Crippen LogP contribution in [-0.2, 0) is 6.18 Å². The number of alkyl halides is 3. The molecular weight excluding hydrogens is 222 g/mol. The van der Waals surface area contributed by atoms with E-state index in [1.807, 2.05) is 0 Å². The van der Waals surface area contributed by atoms with Crippen LogP contribution in [0.2, 0.25) is 0 Å². The van der Waals surface area contributed by atoms with Gasteiger partial charge in [0.25, 0.3) is 0 Å². The first kappa shape index (κ1) is 11.4. The normalized spacial score (nSPS) is 24.6. The average molecular weight is 233 g/mol. The third kappa shape index (κ3) is 2.04. The molecule has 0 aromatic heterocycles. The molecular formula is C11H11F4N. The molecule has 1 aromatic rings. The van der Waals surface area contributed by atoms with Crippen molar-refractivity contribution in [1.82, 2.24) is 0 Å². The number of hydrogen-bond acceptors (Lipinski definition) is 1. The van der Waals surface area contributed by atoms with Gasteiger partial charge in [0, 0.05) is 0 Å². The molecule has 2 unspecified atom stereocenters. The average Bonchev–Trinajstić information content (AvgIpc) is 2.94. The van der Waals surface area contributed by atoms with Gasteiger partial charge in [-0.3, -0.25) is 0 Å². The van der Waals surface area contributed by atoms with Crippen molar-refractivity contribution in [2.45, 2.75) is 18.5 Å². The van der Waals surface area contributed by atoms with Crippen LogP contribution < -0.4 is 5.73 Å². The molecule has 1 fully saturated rings. The zero-order chi connectivity index (χ0) is 11.9. The maximum atomic E-state index is 13.2. The molecule has 0 amide bonds. The van der Waals surface area contributed by atoms with Crippen molar-refractivity contribution in [3.05, 3.63) is 35.1 Å². The number of rotatable bonds is 2. The second-order valence-corrected chi connectivity index (χ2v) is 4.08. The number of halogens is 4. The van der Waals surface area contributed by atoms with E-state index >= 15 is 0 Å². The molecule has 5 heteroatoms. The minimum absolute atomic E-state index is 0.127. The van der Waals surface area contributed by atoms with Crippen molar-refractivity contribution in [2.75, 3.05) is 6.54 Å². The Kier molecular flexibility index (Phi) is 2.66. The number of nitrogens with two attached hydrogens (primary N) is 1. The van der Waals surface area contributed by atoms with Crippen LogP contribution in [0.15, 0.2) is 18.2 Å². The molecule has 1 aliphatic carbocycles. The molecule has 0 bridgehead atoms. The van der Waals surface area contributed by atoms with E-state index in [-0.39, 0.29) is 11.8 Å². The molecule has 2 atom stereocenters. The summed E-state index contributed by atoms with van der Waals surface area (Å²) in [6, 6.07) is 3.12. The van der Waals surface area contributed by atoms with E-state index in [0.29, 0.717) is 12.1 Å². The fourth-order valence-electron chi connectivity index (χ4n) is 1.91. The minimum atomic E-state index is -4.63. The number of benzene rings is 1. The monoisotopic (exact) mass is 233 g/mol. The van der Waals surface area contributed by atoms with Gasteiger partial charge >= 0.3 is 6.18 Å². The zero-order valence-corrected chi connectivity index (χ0v) is 8.39. The fourth-order valence-corrected chi connectivity index (χ4v) is 1.91. The Morgan fingerprint density at radius 2 is 2.00 bits per heavy atom. The van der Waals surface area contributed by atoms with Crippen LogP contribution in [0.3, 0.4) is 0 Å². The molecule has 1 aliphatic rings. The molecule has 0 aliphatic heterocycles. The Morgan fingerprint density at radius 1 is 1.31 bits per heavy atom. The van der Waals surface area contributed by atoms with Gasteiger partial charge in [-0.25, -0.2) is 4.39 Å². The molecule has 88 valence electrons. The van der Waals surface area contributed by atoms with E-state index < -0.39 is 17.6 Å². The third-order valence-electron chi connectivity index (χ3n) is 2.95. The molecule has 2 rings (SSSR count). The second kappa shape index (κ2) is 3.73. The van der Waals surface area contributed by atoms with E-state index in [1.54, 1.807) is 0 Å². The van der Waals surface area contributed by atoms with E-state index in [1.165, 1.54) is 6.07 Å². The lowest BCUT2D eigenvalue weighted by atomic mass is 10.1. The highest BCUT2D eigenvalue weighted by atomic mass is 19.4. The second-order valence-electron chi connectivity index (χ2n) is 4.08. The molecule has 1 saturated carbocycles. The van der Waals surface area contributed by atoms with E-state index in [0.717, 1.165) is 18.6 Å². The summed E-state index contributed by atoms with van der Waals surface area (Å²) in [6.07, 6.45) is -3.79. The highest BCUT2D eigenvalue weighted by Crippen LogP contribution is 2.47. The summed E-state index contributed by atoms with van der Waals surface area (Å²) >= 11 is 0. The summed E-state index contributed by atoms with van der Waals surface area (Å²) in [6.45, 7) is 0.493. The van der Waals surface area contributed by atoms with Gasteiger partial charge in [-0.15, -0.1) is 0 Å². The molecule has 1 aromatic carbocycles. The SMILES string of the molecule is NCC1CC1c1ccc(C(F)(F)F)c(F)c1. The molecule has 1 nitrogen and oxygen atoms in total. The first-order chi connectivity index (χ1) is 7.43. The van der Waals surface area contributed by atoms with E-state index in [4.69, 9.17) is 5.73 Å². The minimum Gasteiger partial charge on any atom is -0.330 e. The molecule has 0 radical (unpaired) electrons. The topological polar surface area (TPSA) is 26.0 Å². The van der Waals surface area contributed by atoms with Crippen LogP contribution in [0.1, 0.15) is 23.5 Å². The van der Waals surface area contributed by atoms with Crippen molar-refractivity contribution in [3.8, 4) is 0 Å². The van der Waals surface area contributed by atoms with Crippen molar-refractivity contribution in [3.63, 3.8) is 0 Å². The van der Waals surface area contributed by atoms with Crippen LogP contribution in [0.5, 0.6) is 0 Å². The summed E-state index contributed by atoms with van der Waals surface area (Å²) in [4.78, 5) is 0. The maximum absolute atomic E-state index is 13.2. The smallest absolute Gasteiger partial charge is 0.330 e. The lowest BCUT2D eigenvalue weighted by Gasteiger charge is -2.09. The lowest BCUT2D eigenvalue weighted by molar-refractivity contribution is -0.140. The predicted molar refractivity (Wildman–Crippen MR) is 51.3 cm³/mol. The summed E-state index contributed by atoms with van der Waals surface area (Å²) in [5.74, 6) is -0.786. The van der Waals surface area contributed by atoms with Gasteiger partial charge in [0.1, 0.15) is 5.82 Å². The van der Waals surface area contributed by atoms with Crippen molar-refractivity contribution in [2.24, 2.45) is 11.7 Å². The Balaban J connectivity index is 2.24. The molecule has 16 heavy (non-hydrogen) atoms. The third-order valence-corrected chi connectivity index (χ3v) is 2.95. The lowest BCUT2D eigenvalue weighted by Crippen LogP contribution is -2.08. The fraction of sp³-hybridized carbons (Fsp3) is 0.455. The first-order valence-electron chi connectivity index (χ1n) is 5.00. The Labute approximate surface area is 90.3 Å². The van der Waals surface area contributed by atoms with E-state index in [9.17, 15) is 17.6 Å². The van der Waals surface area contributed by atoms with Crippen molar-refractivity contribution < 1.29 is 17.6 Å². The molecule has 0 spiro atoms. The van der Waals surface area contributed by atoms with Crippen LogP contribution >= 0.6 is 0 Å². The van der Waals surface area contributed by atoms with Crippen LogP contribution in [0.25, 0.3) is 0 Å². The Hall–Kier alpha value is -1.10. The summed E-state index contributed by atoms with van der Waals surface area (Å²) < 4.78 is 50.1. The largest absolute Gasteiger partial charge is 0.419 e. The highest BCUT2D eigenvalue weighted by Gasteiger charge is 2.39. The van der Waals surface area contributed by atoms with Gasteiger partial charge in [0.15, 0.2) is 0 Å². The summed E-state index contributed by atoms with van der Waals surface area (Å²) in [5, 5.41) is 0. The Bertz CT molecular complexity index is 399. The molecule has 0 saturated heterocycles. The molecule has 2 N–H and O–H groups in total.